The van der Waals surface area contributed by atoms with Gasteiger partial charge < -0.3 is 15.0 Å². The fourth-order valence-corrected chi connectivity index (χ4v) is 2.56. The molecule has 2 rings (SSSR count). The number of nitrogens with zero attached hydrogens (tertiary/aromatic N) is 1. The number of alkyl halides is 2. The fraction of sp³-hybridized carbons (Fsp3) is 0.600. The van der Waals surface area contributed by atoms with Crippen molar-refractivity contribution in [2.24, 2.45) is 0 Å². The largest absolute Gasteiger partial charge is 0.435 e. The number of nitrogens with one attached hydrogen (secondary N) is 1. The average molecular weight is 284 g/mol. The molecule has 1 heterocycles. The summed E-state index contributed by atoms with van der Waals surface area (Å²) < 4.78 is 28.8. The van der Waals surface area contributed by atoms with E-state index in [4.69, 9.17) is 0 Å². The first kappa shape index (κ1) is 15.0. The van der Waals surface area contributed by atoms with Crippen LogP contribution in [0.15, 0.2) is 24.3 Å². The molecule has 0 amide bonds. The Kier molecular flexibility index (Phi) is 5.17. The fourth-order valence-electron chi connectivity index (χ4n) is 2.56. The molecule has 0 atom stereocenters. The molecular formula is C15H22F2N2O. The quantitative estimate of drug-likeness (QED) is 0.894. The van der Waals surface area contributed by atoms with Crippen molar-refractivity contribution in [2.75, 3.05) is 18.4 Å². The van der Waals surface area contributed by atoms with Gasteiger partial charge in [-0.2, -0.15) is 8.78 Å². The Hall–Kier alpha value is -1.36. The molecule has 5 heteroatoms. The molecule has 0 unspecified atom stereocenters. The van der Waals surface area contributed by atoms with Gasteiger partial charge >= 0.3 is 6.61 Å². The number of benzene rings is 1. The third-order valence-electron chi connectivity index (χ3n) is 3.69. The van der Waals surface area contributed by atoms with E-state index >= 15 is 0 Å². The van der Waals surface area contributed by atoms with Crippen LogP contribution in [0.25, 0.3) is 0 Å². The van der Waals surface area contributed by atoms with Crippen LogP contribution in [0.1, 0.15) is 26.7 Å². The molecule has 0 aromatic heterocycles. The number of hydrogen-bond acceptors (Lipinski definition) is 3. The molecule has 0 spiro atoms. The minimum atomic E-state index is -2.78. The highest BCUT2D eigenvalue weighted by molar-refractivity contribution is 5.48. The third kappa shape index (κ3) is 4.34. The first-order valence-corrected chi connectivity index (χ1v) is 7.10. The van der Waals surface area contributed by atoms with E-state index < -0.39 is 6.61 Å². The van der Waals surface area contributed by atoms with Gasteiger partial charge in [0.1, 0.15) is 5.75 Å². The first-order chi connectivity index (χ1) is 9.54. The van der Waals surface area contributed by atoms with E-state index in [0.717, 1.165) is 31.6 Å². The lowest BCUT2D eigenvalue weighted by molar-refractivity contribution is -0.0498. The minimum absolute atomic E-state index is 0.199. The summed E-state index contributed by atoms with van der Waals surface area (Å²) >= 11 is 0. The van der Waals surface area contributed by atoms with E-state index in [2.05, 4.69) is 28.8 Å². The summed E-state index contributed by atoms with van der Waals surface area (Å²) in [4.78, 5) is 2.45. The Labute approximate surface area is 118 Å². The van der Waals surface area contributed by atoms with Crippen molar-refractivity contribution in [3.63, 3.8) is 0 Å². The Morgan fingerprint density at radius 1 is 1.25 bits per heavy atom. The lowest BCUT2D eigenvalue weighted by Crippen LogP contribution is -2.42. The van der Waals surface area contributed by atoms with Crippen LogP contribution in [0, 0.1) is 0 Å². The molecule has 0 aliphatic carbocycles. The third-order valence-corrected chi connectivity index (χ3v) is 3.69. The molecule has 0 radical (unpaired) electrons. The highest BCUT2D eigenvalue weighted by Crippen LogP contribution is 2.22. The highest BCUT2D eigenvalue weighted by Gasteiger charge is 2.20. The summed E-state index contributed by atoms with van der Waals surface area (Å²) in [5.41, 5.74) is 0.839. The van der Waals surface area contributed by atoms with Crippen molar-refractivity contribution >= 4 is 5.69 Å². The van der Waals surface area contributed by atoms with Crippen molar-refractivity contribution in [3.05, 3.63) is 24.3 Å². The molecule has 1 aliphatic rings. The molecular weight excluding hydrogens is 262 g/mol. The monoisotopic (exact) mass is 284 g/mol. The van der Waals surface area contributed by atoms with Gasteiger partial charge in [0, 0.05) is 36.9 Å². The van der Waals surface area contributed by atoms with E-state index in [1.165, 1.54) is 0 Å². The number of ether oxygens (including phenoxy) is 1. The molecule has 1 aromatic rings. The summed E-state index contributed by atoms with van der Waals surface area (Å²) in [5, 5.41) is 3.40. The number of halogens is 2. The molecule has 1 N–H and O–H groups in total. The van der Waals surface area contributed by atoms with Crippen LogP contribution >= 0.6 is 0 Å². The van der Waals surface area contributed by atoms with Crippen LogP contribution in [0.4, 0.5) is 14.5 Å². The Morgan fingerprint density at radius 2 is 1.95 bits per heavy atom. The molecule has 112 valence electrons. The zero-order valence-electron chi connectivity index (χ0n) is 12.0. The molecule has 0 bridgehead atoms. The first-order valence-electron chi connectivity index (χ1n) is 7.10. The van der Waals surface area contributed by atoms with Gasteiger partial charge in [-0.15, -0.1) is 0 Å². The molecule has 1 aliphatic heterocycles. The van der Waals surface area contributed by atoms with E-state index in [1.54, 1.807) is 18.2 Å². The topological polar surface area (TPSA) is 24.5 Å². The molecule has 0 saturated carbocycles. The van der Waals surface area contributed by atoms with E-state index in [0.29, 0.717) is 12.1 Å². The normalized spacial score (nSPS) is 17.7. The van der Waals surface area contributed by atoms with Gasteiger partial charge in [0.15, 0.2) is 0 Å². The SMILES string of the molecule is CC(C)N1CCC(Nc2cccc(OC(F)F)c2)CC1. The number of hydrogen-bond donors (Lipinski definition) is 1. The molecule has 20 heavy (non-hydrogen) atoms. The molecule has 1 saturated heterocycles. The predicted octanol–water partition coefficient (Wildman–Crippen LogP) is 3.57. The average Bonchev–Trinajstić information content (AvgIpc) is 2.39. The lowest BCUT2D eigenvalue weighted by atomic mass is 10.0. The predicted molar refractivity (Wildman–Crippen MR) is 76.4 cm³/mol. The van der Waals surface area contributed by atoms with Gasteiger partial charge in [-0.1, -0.05) is 6.07 Å². The van der Waals surface area contributed by atoms with Crippen LogP contribution in [-0.2, 0) is 0 Å². The van der Waals surface area contributed by atoms with E-state index in [1.807, 2.05) is 6.07 Å². The Balaban J connectivity index is 1.88. The van der Waals surface area contributed by atoms with Gasteiger partial charge in [0.05, 0.1) is 0 Å². The number of anilines is 1. The van der Waals surface area contributed by atoms with Gasteiger partial charge in [-0.25, -0.2) is 0 Å². The van der Waals surface area contributed by atoms with Crippen LogP contribution in [0.5, 0.6) is 5.75 Å². The van der Waals surface area contributed by atoms with Crippen LogP contribution in [0.3, 0.4) is 0 Å². The Morgan fingerprint density at radius 3 is 2.55 bits per heavy atom. The van der Waals surface area contributed by atoms with Gasteiger partial charge in [0.2, 0.25) is 0 Å². The number of likely N-dealkylation sites (tertiary alicyclic amines) is 1. The number of piperidine rings is 1. The van der Waals surface area contributed by atoms with Crippen LogP contribution < -0.4 is 10.1 Å². The summed E-state index contributed by atoms with van der Waals surface area (Å²) in [7, 11) is 0. The second kappa shape index (κ2) is 6.88. The maximum atomic E-state index is 12.2. The smallest absolute Gasteiger partial charge is 0.387 e. The maximum absolute atomic E-state index is 12.2. The zero-order valence-corrected chi connectivity index (χ0v) is 12.0. The van der Waals surface area contributed by atoms with Crippen molar-refractivity contribution in [1.82, 2.24) is 4.90 Å². The summed E-state index contributed by atoms with van der Waals surface area (Å²) in [6.07, 6.45) is 2.14. The number of rotatable bonds is 5. The van der Waals surface area contributed by atoms with E-state index in [-0.39, 0.29) is 5.75 Å². The molecule has 1 aromatic carbocycles. The summed E-state index contributed by atoms with van der Waals surface area (Å²) in [6, 6.07) is 7.75. The minimum Gasteiger partial charge on any atom is -0.435 e. The van der Waals surface area contributed by atoms with Crippen molar-refractivity contribution in [3.8, 4) is 5.75 Å². The summed E-state index contributed by atoms with van der Waals surface area (Å²) in [6.45, 7) is 3.78. The molecule has 1 fully saturated rings. The van der Waals surface area contributed by atoms with Crippen LogP contribution in [0.2, 0.25) is 0 Å². The van der Waals surface area contributed by atoms with Gasteiger partial charge in [0.25, 0.3) is 0 Å². The second-order valence-electron chi connectivity index (χ2n) is 5.45. The second-order valence-corrected chi connectivity index (χ2v) is 5.45. The van der Waals surface area contributed by atoms with E-state index in [9.17, 15) is 8.78 Å². The van der Waals surface area contributed by atoms with Crippen LogP contribution in [-0.4, -0.2) is 36.7 Å². The van der Waals surface area contributed by atoms with Gasteiger partial charge in [-0.3, -0.25) is 0 Å². The molecule has 3 nitrogen and oxygen atoms in total. The van der Waals surface area contributed by atoms with Crippen molar-refractivity contribution < 1.29 is 13.5 Å². The van der Waals surface area contributed by atoms with Gasteiger partial charge in [-0.05, 0) is 38.8 Å². The maximum Gasteiger partial charge on any atom is 0.387 e. The lowest BCUT2D eigenvalue weighted by Gasteiger charge is -2.35. The Bertz CT molecular complexity index is 418. The summed E-state index contributed by atoms with van der Waals surface area (Å²) in [5.74, 6) is 0.199. The van der Waals surface area contributed by atoms with Crippen molar-refractivity contribution in [2.45, 2.75) is 45.4 Å². The standard InChI is InChI=1S/C15H22F2N2O/c1-11(2)19-8-6-12(7-9-19)18-13-4-3-5-14(10-13)20-15(16)17/h3-5,10-12,15,18H,6-9H2,1-2H3. The highest BCUT2D eigenvalue weighted by atomic mass is 19.3. The van der Waals surface area contributed by atoms with Crippen molar-refractivity contribution in [1.29, 1.82) is 0 Å². The zero-order chi connectivity index (χ0) is 14.5.